The molecule has 1 aliphatic rings. The first-order valence-electron chi connectivity index (χ1n) is 7.71. The van der Waals surface area contributed by atoms with E-state index in [1.165, 1.54) is 18.4 Å². The van der Waals surface area contributed by atoms with Gasteiger partial charge >= 0.3 is 6.03 Å². The van der Waals surface area contributed by atoms with Crippen molar-refractivity contribution in [2.75, 3.05) is 13.7 Å². The monoisotopic (exact) mass is 345 g/mol. The Hall–Kier alpha value is -2.41. The lowest BCUT2D eigenvalue weighted by atomic mass is 9.96. The number of nitrogens with zero attached hydrogens (tertiary/aromatic N) is 2. The SMILES string of the molecule is CCOc1cccc(-c2cnc([C@]3(C)CC(=O)N(C)C(=O)N3)s2)c1. The van der Waals surface area contributed by atoms with Crippen LogP contribution in [0.15, 0.2) is 30.5 Å². The van der Waals surface area contributed by atoms with Gasteiger partial charge in [-0.05, 0) is 31.5 Å². The smallest absolute Gasteiger partial charge is 0.324 e. The van der Waals surface area contributed by atoms with Crippen LogP contribution in [-0.4, -0.2) is 35.5 Å². The van der Waals surface area contributed by atoms with Gasteiger partial charge in [0.05, 0.1) is 23.4 Å². The lowest BCUT2D eigenvalue weighted by molar-refractivity contribution is -0.130. The van der Waals surface area contributed by atoms with Crippen molar-refractivity contribution in [2.45, 2.75) is 25.8 Å². The van der Waals surface area contributed by atoms with Gasteiger partial charge in [0.1, 0.15) is 10.8 Å². The van der Waals surface area contributed by atoms with Crippen molar-refractivity contribution in [3.05, 3.63) is 35.5 Å². The van der Waals surface area contributed by atoms with Crippen LogP contribution in [0.25, 0.3) is 10.4 Å². The fourth-order valence-corrected chi connectivity index (χ4v) is 3.61. The van der Waals surface area contributed by atoms with E-state index in [0.717, 1.165) is 21.1 Å². The van der Waals surface area contributed by atoms with Gasteiger partial charge in [0.25, 0.3) is 0 Å². The summed E-state index contributed by atoms with van der Waals surface area (Å²) in [7, 11) is 1.48. The van der Waals surface area contributed by atoms with Gasteiger partial charge in [-0.15, -0.1) is 11.3 Å². The van der Waals surface area contributed by atoms with Gasteiger partial charge in [-0.3, -0.25) is 9.69 Å². The third kappa shape index (κ3) is 2.99. The van der Waals surface area contributed by atoms with Crippen LogP contribution < -0.4 is 10.1 Å². The quantitative estimate of drug-likeness (QED) is 0.925. The van der Waals surface area contributed by atoms with Crippen LogP contribution in [0.1, 0.15) is 25.3 Å². The lowest BCUT2D eigenvalue weighted by Gasteiger charge is -2.35. The van der Waals surface area contributed by atoms with E-state index >= 15 is 0 Å². The Morgan fingerprint density at radius 2 is 2.21 bits per heavy atom. The number of hydrogen-bond donors (Lipinski definition) is 1. The lowest BCUT2D eigenvalue weighted by Crippen LogP contribution is -2.57. The number of nitrogens with one attached hydrogen (secondary N) is 1. The zero-order valence-electron chi connectivity index (χ0n) is 13.8. The van der Waals surface area contributed by atoms with Gasteiger partial charge < -0.3 is 10.1 Å². The molecule has 126 valence electrons. The number of amides is 3. The zero-order valence-corrected chi connectivity index (χ0v) is 14.6. The van der Waals surface area contributed by atoms with Crippen molar-refractivity contribution in [1.29, 1.82) is 0 Å². The standard InChI is InChI=1S/C17H19N3O3S/c1-4-23-12-7-5-6-11(8-12)13-10-18-15(24-13)17(2)9-14(21)20(3)16(22)19-17/h5-8,10H,4,9H2,1-3H3,(H,19,22)/t17-/m0/s1. The fourth-order valence-electron chi connectivity index (χ4n) is 2.60. The summed E-state index contributed by atoms with van der Waals surface area (Å²) < 4.78 is 5.53. The molecule has 1 fully saturated rings. The molecular formula is C17H19N3O3S. The van der Waals surface area contributed by atoms with E-state index in [-0.39, 0.29) is 12.3 Å². The van der Waals surface area contributed by atoms with Crippen LogP contribution in [0.2, 0.25) is 0 Å². The van der Waals surface area contributed by atoms with Crippen LogP contribution in [0, 0.1) is 0 Å². The molecule has 1 aromatic heterocycles. The molecule has 2 heterocycles. The van der Waals surface area contributed by atoms with Crippen molar-refractivity contribution in [3.8, 4) is 16.2 Å². The molecule has 1 aliphatic heterocycles. The second kappa shape index (κ2) is 6.24. The van der Waals surface area contributed by atoms with E-state index in [2.05, 4.69) is 10.3 Å². The van der Waals surface area contributed by atoms with Crippen molar-refractivity contribution in [3.63, 3.8) is 0 Å². The first kappa shape index (κ1) is 16.4. The maximum Gasteiger partial charge on any atom is 0.324 e. The van der Waals surface area contributed by atoms with Crippen molar-refractivity contribution < 1.29 is 14.3 Å². The minimum absolute atomic E-state index is 0.196. The summed E-state index contributed by atoms with van der Waals surface area (Å²) in [4.78, 5) is 30.5. The topological polar surface area (TPSA) is 71.5 Å². The largest absolute Gasteiger partial charge is 0.494 e. The van der Waals surface area contributed by atoms with Gasteiger partial charge in [0, 0.05) is 13.2 Å². The second-order valence-corrected chi connectivity index (χ2v) is 6.91. The minimum Gasteiger partial charge on any atom is -0.494 e. The number of ether oxygens (including phenoxy) is 1. The van der Waals surface area contributed by atoms with E-state index in [0.29, 0.717) is 11.6 Å². The third-order valence-corrected chi connectivity index (χ3v) is 5.28. The highest BCUT2D eigenvalue weighted by Crippen LogP contribution is 2.36. The molecular weight excluding hydrogens is 326 g/mol. The van der Waals surface area contributed by atoms with Gasteiger partial charge in [0.15, 0.2) is 0 Å². The van der Waals surface area contributed by atoms with Gasteiger partial charge in [-0.1, -0.05) is 12.1 Å². The Labute approximate surface area is 144 Å². The maximum atomic E-state index is 12.0. The van der Waals surface area contributed by atoms with E-state index in [4.69, 9.17) is 4.74 Å². The third-order valence-electron chi connectivity index (χ3n) is 3.97. The number of aromatic nitrogens is 1. The Morgan fingerprint density at radius 3 is 2.92 bits per heavy atom. The molecule has 1 atom stereocenters. The number of hydrogen-bond acceptors (Lipinski definition) is 5. The summed E-state index contributed by atoms with van der Waals surface area (Å²) in [5.74, 6) is 0.593. The van der Waals surface area contributed by atoms with Gasteiger partial charge in [-0.2, -0.15) is 0 Å². The van der Waals surface area contributed by atoms with Crippen LogP contribution in [-0.2, 0) is 10.3 Å². The summed E-state index contributed by atoms with van der Waals surface area (Å²) in [5, 5.41) is 3.59. The number of carbonyl (C=O) groups is 2. The second-order valence-electron chi connectivity index (χ2n) is 5.88. The Morgan fingerprint density at radius 1 is 1.42 bits per heavy atom. The minimum atomic E-state index is -0.777. The maximum absolute atomic E-state index is 12.0. The predicted octanol–water partition coefficient (Wildman–Crippen LogP) is 3.00. The molecule has 0 aliphatic carbocycles. The van der Waals surface area contributed by atoms with Crippen molar-refractivity contribution >= 4 is 23.3 Å². The molecule has 1 saturated heterocycles. The Balaban J connectivity index is 1.89. The number of urea groups is 1. The summed E-state index contributed by atoms with van der Waals surface area (Å²) in [6.07, 6.45) is 1.96. The summed E-state index contributed by atoms with van der Waals surface area (Å²) in [5.41, 5.74) is 0.222. The normalized spacial score (nSPS) is 20.9. The van der Waals surface area contributed by atoms with Crippen LogP contribution in [0.5, 0.6) is 5.75 Å². The number of rotatable bonds is 4. The average molecular weight is 345 g/mol. The Bertz CT molecular complexity index is 769. The van der Waals surface area contributed by atoms with Crippen molar-refractivity contribution in [1.82, 2.24) is 15.2 Å². The highest BCUT2D eigenvalue weighted by Gasteiger charge is 2.41. The average Bonchev–Trinajstić information content (AvgIpc) is 3.04. The predicted molar refractivity (Wildman–Crippen MR) is 92.0 cm³/mol. The van der Waals surface area contributed by atoms with E-state index in [1.54, 1.807) is 6.20 Å². The molecule has 3 amide bonds. The number of imide groups is 1. The number of benzene rings is 1. The molecule has 1 aromatic carbocycles. The zero-order chi connectivity index (χ0) is 17.3. The summed E-state index contributed by atoms with van der Waals surface area (Å²) >= 11 is 1.47. The fraction of sp³-hybridized carbons (Fsp3) is 0.353. The molecule has 1 N–H and O–H groups in total. The van der Waals surface area contributed by atoms with Crippen LogP contribution >= 0.6 is 11.3 Å². The number of thiazole rings is 1. The molecule has 0 unspecified atom stereocenters. The number of carbonyl (C=O) groups excluding carboxylic acids is 2. The highest BCUT2D eigenvalue weighted by atomic mass is 32.1. The molecule has 6 nitrogen and oxygen atoms in total. The molecule has 0 spiro atoms. The molecule has 2 aromatic rings. The first-order chi connectivity index (χ1) is 11.4. The molecule has 0 bridgehead atoms. The highest BCUT2D eigenvalue weighted by molar-refractivity contribution is 7.15. The first-order valence-corrected chi connectivity index (χ1v) is 8.53. The van der Waals surface area contributed by atoms with Crippen molar-refractivity contribution in [2.24, 2.45) is 0 Å². The summed E-state index contributed by atoms with van der Waals surface area (Å²) in [6, 6.07) is 7.39. The van der Waals surface area contributed by atoms with Crippen LogP contribution in [0.3, 0.4) is 0 Å². The molecule has 24 heavy (non-hydrogen) atoms. The molecule has 3 rings (SSSR count). The van der Waals surface area contributed by atoms with E-state index in [1.807, 2.05) is 38.1 Å². The van der Waals surface area contributed by atoms with Gasteiger partial charge in [0.2, 0.25) is 5.91 Å². The van der Waals surface area contributed by atoms with E-state index in [9.17, 15) is 9.59 Å². The Kier molecular flexibility index (Phi) is 4.28. The van der Waals surface area contributed by atoms with E-state index < -0.39 is 11.6 Å². The van der Waals surface area contributed by atoms with Crippen LogP contribution in [0.4, 0.5) is 4.79 Å². The van der Waals surface area contributed by atoms with Gasteiger partial charge in [-0.25, -0.2) is 9.78 Å². The molecule has 0 radical (unpaired) electrons. The molecule has 7 heteroatoms. The molecule has 0 saturated carbocycles. The summed E-state index contributed by atoms with van der Waals surface area (Å²) in [6.45, 7) is 4.38.